The van der Waals surface area contributed by atoms with Crippen LogP contribution in [0.5, 0.6) is 0 Å². The van der Waals surface area contributed by atoms with Crippen LogP contribution in [0, 0.1) is 5.92 Å². The molecule has 2 rings (SSSR count). The Bertz CT molecular complexity index is 439. The number of hydrogen-bond acceptors (Lipinski definition) is 1. The van der Waals surface area contributed by atoms with Gasteiger partial charge in [0, 0.05) is 4.47 Å². The van der Waals surface area contributed by atoms with Crippen LogP contribution >= 0.6 is 15.9 Å². The molecule has 0 radical (unpaired) electrons. The van der Waals surface area contributed by atoms with Crippen molar-refractivity contribution in [2.75, 3.05) is 0 Å². The van der Waals surface area contributed by atoms with Gasteiger partial charge in [0.2, 0.25) is 0 Å². The number of hydrogen-bond donors (Lipinski definition) is 1. The number of aliphatic hydroxyl groups excluding tert-OH is 1. The van der Waals surface area contributed by atoms with Crippen molar-refractivity contribution in [1.29, 1.82) is 0 Å². The molecule has 1 nitrogen and oxygen atoms in total. The predicted molar refractivity (Wildman–Crippen MR) is 70.7 cm³/mol. The van der Waals surface area contributed by atoms with E-state index >= 15 is 0 Å². The second-order valence-electron chi connectivity index (χ2n) is 5.13. The molecule has 0 amide bonds. The Balaban J connectivity index is 2.22. The Labute approximate surface area is 119 Å². The molecule has 1 aromatic rings. The first-order chi connectivity index (χ1) is 8.88. The molecule has 19 heavy (non-hydrogen) atoms. The molecule has 1 aliphatic carbocycles. The zero-order chi connectivity index (χ0) is 14.0. The Kier molecular flexibility index (Phi) is 4.56. The largest absolute Gasteiger partial charge is 0.416 e. The SMILES string of the molecule is OC(CC1CCCC1)c1ccc(Br)cc1C(F)(F)F. The van der Waals surface area contributed by atoms with Gasteiger partial charge in [-0.25, -0.2) is 0 Å². The maximum absolute atomic E-state index is 13.0. The van der Waals surface area contributed by atoms with Crippen molar-refractivity contribution in [3.05, 3.63) is 33.8 Å². The predicted octanol–water partition coefficient (Wildman–Crippen LogP) is 5.08. The molecule has 5 heteroatoms. The zero-order valence-electron chi connectivity index (χ0n) is 10.4. The van der Waals surface area contributed by atoms with E-state index in [4.69, 9.17) is 0 Å². The highest BCUT2D eigenvalue weighted by Crippen LogP contribution is 2.39. The zero-order valence-corrected chi connectivity index (χ0v) is 12.0. The van der Waals surface area contributed by atoms with Crippen LogP contribution in [0.2, 0.25) is 0 Å². The standard InChI is InChI=1S/C14H16BrF3O/c15-10-5-6-11(12(8-10)14(16,17)18)13(19)7-9-3-1-2-4-9/h5-6,8-9,13,19H,1-4,7H2. The molecule has 0 aromatic heterocycles. The minimum Gasteiger partial charge on any atom is -0.388 e. The lowest BCUT2D eigenvalue weighted by atomic mass is 9.93. The van der Waals surface area contributed by atoms with E-state index in [0.29, 0.717) is 16.8 Å². The summed E-state index contributed by atoms with van der Waals surface area (Å²) >= 11 is 3.04. The molecule has 1 aliphatic rings. The van der Waals surface area contributed by atoms with E-state index in [9.17, 15) is 18.3 Å². The minimum absolute atomic E-state index is 0.0115. The van der Waals surface area contributed by atoms with E-state index in [2.05, 4.69) is 15.9 Å². The summed E-state index contributed by atoms with van der Waals surface area (Å²) in [5.41, 5.74) is -0.755. The third-order valence-electron chi connectivity index (χ3n) is 3.71. The van der Waals surface area contributed by atoms with E-state index in [0.717, 1.165) is 31.7 Å². The number of benzene rings is 1. The van der Waals surface area contributed by atoms with Crippen molar-refractivity contribution in [3.8, 4) is 0 Å². The molecule has 1 unspecified atom stereocenters. The van der Waals surface area contributed by atoms with Gasteiger partial charge in [0.05, 0.1) is 11.7 Å². The van der Waals surface area contributed by atoms with Gasteiger partial charge in [-0.2, -0.15) is 13.2 Å². The first-order valence-electron chi connectivity index (χ1n) is 6.42. The molecule has 0 spiro atoms. The van der Waals surface area contributed by atoms with Gasteiger partial charge in [0.15, 0.2) is 0 Å². The molecule has 0 bridgehead atoms. The lowest BCUT2D eigenvalue weighted by Crippen LogP contribution is -2.13. The highest BCUT2D eigenvalue weighted by atomic mass is 79.9. The molecule has 1 fully saturated rings. The van der Waals surface area contributed by atoms with Gasteiger partial charge in [0.1, 0.15) is 0 Å². The summed E-state index contributed by atoms with van der Waals surface area (Å²) < 4.78 is 39.3. The summed E-state index contributed by atoms with van der Waals surface area (Å²) in [7, 11) is 0. The summed E-state index contributed by atoms with van der Waals surface area (Å²) in [6.45, 7) is 0. The van der Waals surface area contributed by atoms with Gasteiger partial charge in [-0.05, 0) is 30.0 Å². The van der Waals surface area contributed by atoms with Gasteiger partial charge in [-0.3, -0.25) is 0 Å². The molecule has 0 aliphatic heterocycles. The second-order valence-corrected chi connectivity index (χ2v) is 6.05. The Morgan fingerprint density at radius 1 is 1.26 bits per heavy atom. The third kappa shape index (κ3) is 3.72. The van der Waals surface area contributed by atoms with Crippen molar-refractivity contribution in [2.24, 2.45) is 5.92 Å². The fourth-order valence-corrected chi connectivity index (χ4v) is 3.11. The maximum atomic E-state index is 13.0. The average molecular weight is 337 g/mol. The number of halogens is 4. The molecule has 106 valence electrons. The van der Waals surface area contributed by atoms with Gasteiger partial charge in [0.25, 0.3) is 0 Å². The van der Waals surface area contributed by atoms with E-state index in [1.54, 1.807) is 6.07 Å². The lowest BCUT2D eigenvalue weighted by molar-refractivity contribution is -0.139. The van der Waals surface area contributed by atoms with Crippen LogP contribution in [0.25, 0.3) is 0 Å². The van der Waals surface area contributed by atoms with Crippen molar-refractivity contribution in [3.63, 3.8) is 0 Å². The summed E-state index contributed by atoms with van der Waals surface area (Å²) in [5.74, 6) is 0.347. The van der Waals surface area contributed by atoms with E-state index in [1.807, 2.05) is 0 Å². The quantitative estimate of drug-likeness (QED) is 0.815. The van der Waals surface area contributed by atoms with Gasteiger partial charge in [-0.1, -0.05) is 47.7 Å². The van der Waals surface area contributed by atoms with Gasteiger partial charge < -0.3 is 5.11 Å². The van der Waals surface area contributed by atoms with Gasteiger partial charge >= 0.3 is 6.18 Å². The molecule has 1 saturated carbocycles. The van der Waals surface area contributed by atoms with Crippen molar-refractivity contribution < 1.29 is 18.3 Å². The van der Waals surface area contributed by atoms with Crippen molar-refractivity contribution in [1.82, 2.24) is 0 Å². The molecular formula is C14H16BrF3O. The molecular weight excluding hydrogens is 321 g/mol. The number of aliphatic hydroxyl groups is 1. The molecule has 1 N–H and O–H groups in total. The number of rotatable bonds is 3. The summed E-state index contributed by atoms with van der Waals surface area (Å²) in [6, 6.07) is 3.95. The van der Waals surface area contributed by atoms with Crippen LogP contribution < -0.4 is 0 Å². The normalized spacial score (nSPS) is 18.8. The summed E-state index contributed by atoms with van der Waals surface area (Å²) in [4.78, 5) is 0. The highest BCUT2D eigenvalue weighted by molar-refractivity contribution is 9.10. The van der Waals surface area contributed by atoms with E-state index in [-0.39, 0.29) is 5.56 Å². The second kappa shape index (κ2) is 5.83. The lowest BCUT2D eigenvalue weighted by Gasteiger charge is -2.20. The van der Waals surface area contributed by atoms with Crippen LogP contribution in [0.15, 0.2) is 22.7 Å². The van der Waals surface area contributed by atoms with Crippen LogP contribution in [0.1, 0.15) is 49.3 Å². The van der Waals surface area contributed by atoms with Crippen LogP contribution in [-0.4, -0.2) is 5.11 Å². The summed E-state index contributed by atoms with van der Waals surface area (Å²) in [6.07, 6.45) is -0.800. The smallest absolute Gasteiger partial charge is 0.388 e. The molecule has 1 aromatic carbocycles. The van der Waals surface area contributed by atoms with Crippen LogP contribution in [0.4, 0.5) is 13.2 Å². The van der Waals surface area contributed by atoms with E-state index in [1.165, 1.54) is 6.07 Å². The monoisotopic (exact) mass is 336 g/mol. The molecule has 1 atom stereocenters. The van der Waals surface area contributed by atoms with Crippen molar-refractivity contribution in [2.45, 2.75) is 44.4 Å². The Morgan fingerprint density at radius 2 is 1.89 bits per heavy atom. The Hall–Kier alpha value is -0.550. The third-order valence-corrected chi connectivity index (χ3v) is 4.20. The fraction of sp³-hybridized carbons (Fsp3) is 0.571. The Morgan fingerprint density at radius 3 is 2.47 bits per heavy atom. The highest BCUT2D eigenvalue weighted by Gasteiger charge is 2.35. The molecule has 0 saturated heterocycles. The van der Waals surface area contributed by atoms with Crippen LogP contribution in [-0.2, 0) is 6.18 Å². The molecule has 0 heterocycles. The maximum Gasteiger partial charge on any atom is 0.416 e. The summed E-state index contributed by atoms with van der Waals surface area (Å²) in [5, 5.41) is 10.1. The first kappa shape index (κ1) is 14.9. The fourth-order valence-electron chi connectivity index (χ4n) is 2.75. The van der Waals surface area contributed by atoms with Crippen LogP contribution in [0.3, 0.4) is 0 Å². The average Bonchev–Trinajstić information content (AvgIpc) is 2.80. The minimum atomic E-state index is -4.43. The topological polar surface area (TPSA) is 20.2 Å². The van der Waals surface area contributed by atoms with E-state index < -0.39 is 17.8 Å². The van der Waals surface area contributed by atoms with Crippen molar-refractivity contribution >= 4 is 15.9 Å². The first-order valence-corrected chi connectivity index (χ1v) is 7.22. The number of alkyl halides is 3. The van der Waals surface area contributed by atoms with Gasteiger partial charge in [-0.15, -0.1) is 0 Å².